The van der Waals surface area contributed by atoms with Gasteiger partial charge in [0.2, 0.25) is 11.5 Å². The van der Waals surface area contributed by atoms with Gasteiger partial charge in [-0.2, -0.15) is 0 Å². The zero-order chi connectivity index (χ0) is 10.8. The molecule has 2 rings (SSSR count). The number of carbonyl (C=O) groups is 1. The summed E-state index contributed by atoms with van der Waals surface area (Å²) < 4.78 is 0. The smallest absolute Gasteiger partial charge is 0.248 e. The molecule has 1 atom stereocenters. The molecule has 1 N–H and O–H groups in total. The molecule has 0 aliphatic carbocycles. The van der Waals surface area contributed by atoms with E-state index in [2.05, 4.69) is 20.9 Å². The van der Waals surface area contributed by atoms with Gasteiger partial charge >= 0.3 is 0 Å². The van der Waals surface area contributed by atoms with Crippen molar-refractivity contribution < 1.29 is 4.79 Å². The average molecular weight is 271 g/mol. The molecular formula is C10H11BrN2O2. The van der Waals surface area contributed by atoms with Crippen LogP contribution in [0.25, 0.3) is 0 Å². The maximum absolute atomic E-state index is 11.6. The SMILES string of the molecule is O=C1CC(CBr)CN1c1ccc(=O)[nH]c1. The Bertz CT molecular complexity index is 409. The number of halogens is 1. The summed E-state index contributed by atoms with van der Waals surface area (Å²) in [4.78, 5) is 26.8. The molecule has 1 aromatic heterocycles. The lowest BCUT2D eigenvalue weighted by molar-refractivity contribution is -0.117. The Labute approximate surface area is 95.4 Å². The third-order valence-electron chi connectivity index (χ3n) is 2.50. The number of alkyl halides is 1. The van der Waals surface area contributed by atoms with Crippen LogP contribution in [0.1, 0.15) is 6.42 Å². The number of aromatic amines is 1. The van der Waals surface area contributed by atoms with E-state index in [9.17, 15) is 9.59 Å². The fourth-order valence-corrected chi connectivity index (χ4v) is 2.14. The molecule has 1 aliphatic heterocycles. The maximum atomic E-state index is 11.6. The molecule has 0 radical (unpaired) electrons. The molecule has 0 bridgehead atoms. The molecule has 0 spiro atoms. The van der Waals surface area contributed by atoms with Crippen molar-refractivity contribution in [3.63, 3.8) is 0 Å². The molecule has 4 nitrogen and oxygen atoms in total. The Balaban J connectivity index is 2.21. The van der Waals surface area contributed by atoms with E-state index in [1.54, 1.807) is 17.2 Å². The van der Waals surface area contributed by atoms with E-state index >= 15 is 0 Å². The zero-order valence-corrected chi connectivity index (χ0v) is 9.66. The predicted molar refractivity (Wildman–Crippen MR) is 61.3 cm³/mol. The van der Waals surface area contributed by atoms with Crippen LogP contribution in [0, 0.1) is 5.92 Å². The van der Waals surface area contributed by atoms with Crippen LogP contribution in [0.4, 0.5) is 5.69 Å². The number of nitrogens with one attached hydrogen (secondary N) is 1. The highest BCUT2D eigenvalue weighted by Crippen LogP contribution is 2.24. The average Bonchev–Trinajstić information content (AvgIpc) is 2.61. The maximum Gasteiger partial charge on any atom is 0.248 e. The summed E-state index contributed by atoms with van der Waals surface area (Å²) in [5, 5.41) is 0.832. The van der Waals surface area contributed by atoms with Crippen molar-refractivity contribution in [2.75, 3.05) is 16.8 Å². The normalized spacial score (nSPS) is 21.0. The fraction of sp³-hybridized carbons (Fsp3) is 0.400. The van der Waals surface area contributed by atoms with Gasteiger partial charge in [0.05, 0.1) is 5.69 Å². The minimum atomic E-state index is -0.151. The minimum Gasteiger partial charge on any atom is -0.327 e. The van der Waals surface area contributed by atoms with Crippen molar-refractivity contribution in [1.82, 2.24) is 4.98 Å². The van der Waals surface area contributed by atoms with Crippen molar-refractivity contribution in [2.24, 2.45) is 5.92 Å². The van der Waals surface area contributed by atoms with Crippen molar-refractivity contribution in [3.05, 3.63) is 28.7 Å². The van der Waals surface area contributed by atoms with Gasteiger partial charge in [-0.1, -0.05) is 15.9 Å². The molecule has 1 aromatic rings. The van der Waals surface area contributed by atoms with Gasteiger partial charge in [0.25, 0.3) is 0 Å². The number of carbonyl (C=O) groups excluding carboxylic acids is 1. The molecule has 1 amide bonds. The van der Waals surface area contributed by atoms with E-state index < -0.39 is 0 Å². The number of aromatic nitrogens is 1. The predicted octanol–water partition coefficient (Wildman–Crippen LogP) is 1.12. The van der Waals surface area contributed by atoms with Gasteiger partial charge in [-0.15, -0.1) is 0 Å². The first-order valence-corrected chi connectivity index (χ1v) is 5.88. The largest absolute Gasteiger partial charge is 0.327 e. The molecule has 1 aliphatic rings. The molecule has 5 heteroatoms. The Kier molecular flexibility index (Phi) is 2.90. The van der Waals surface area contributed by atoms with E-state index in [1.165, 1.54) is 6.07 Å². The molecule has 1 unspecified atom stereocenters. The summed E-state index contributed by atoms with van der Waals surface area (Å²) in [6.07, 6.45) is 2.15. The van der Waals surface area contributed by atoms with Crippen molar-refractivity contribution >= 4 is 27.5 Å². The third kappa shape index (κ3) is 2.12. The van der Waals surface area contributed by atoms with Crippen LogP contribution in [0.3, 0.4) is 0 Å². The van der Waals surface area contributed by atoms with Gasteiger partial charge in [-0.3, -0.25) is 9.59 Å². The van der Waals surface area contributed by atoms with E-state index in [0.717, 1.165) is 17.6 Å². The van der Waals surface area contributed by atoms with Crippen LogP contribution in [0.5, 0.6) is 0 Å². The van der Waals surface area contributed by atoms with Crippen LogP contribution in [0.2, 0.25) is 0 Å². The lowest BCUT2D eigenvalue weighted by Crippen LogP contribution is -2.25. The molecule has 1 fully saturated rings. The van der Waals surface area contributed by atoms with Crippen molar-refractivity contribution in [2.45, 2.75) is 6.42 Å². The van der Waals surface area contributed by atoms with Crippen molar-refractivity contribution in [1.29, 1.82) is 0 Å². The van der Waals surface area contributed by atoms with Crippen molar-refractivity contribution in [3.8, 4) is 0 Å². The Morgan fingerprint density at radius 3 is 2.80 bits per heavy atom. The molecule has 0 aromatic carbocycles. The number of amides is 1. The molecule has 0 saturated carbocycles. The zero-order valence-electron chi connectivity index (χ0n) is 8.07. The number of hydrogen-bond donors (Lipinski definition) is 1. The lowest BCUT2D eigenvalue weighted by Gasteiger charge is -2.15. The van der Waals surface area contributed by atoms with Crippen LogP contribution in [0.15, 0.2) is 23.1 Å². The third-order valence-corrected chi connectivity index (χ3v) is 3.42. The minimum absolute atomic E-state index is 0.117. The highest BCUT2D eigenvalue weighted by atomic mass is 79.9. The Morgan fingerprint density at radius 2 is 2.27 bits per heavy atom. The highest BCUT2D eigenvalue weighted by Gasteiger charge is 2.29. The van der Waals surface area contributed by atoms with Crippen LogP contribution in [-0.4, -0.2) is 22.8 Å². The Hall–Kier alpha value is -1.10. The number of anilines is 1. The van der Waals surface area contributed by atoms with Crippen LogP contribution < -0.4 is 10.5 Å². The number of nitrogens with zero attached hydrogens (tertiary/aromatic N) is 1. The van der Waals surface area contributed by atoms with Crippen LogP contribution >= 0.6 is 15.9 Å². The summed E-state index contributed by atoms with van der Waals surface area (Å²) in [7, 11) is 0. The number of hydrogen-bond acceptors (Lipinski definition) is 2. The summed E-state index contributed by atoms with van der Waals surface area (Å²) in [5.74, 6) is 0.482. The quantitative estimate of drug-likeness (QED) is 0.819. The molecular weight excluding hydrogens is 260 g/mol. The molecule has 80 valence electrons. The summed E-state index contributed by atoms with van der Waals surface area (Å²) in [5.41, 5.74) is 0.616. The number of rotatable bonds is 2. The summed E-state index contributed by atoms with van der Waals surface area (Å²) >= 11 is 3.38. The van der Waals surface area contributed by atoms with Gasteiger partial charge in [-0.05, 0) is 12.0 Å². The molecule has 15 heavy (non-hydrogen) atoms. The van der Waals surface area contributed by atoms with Gasteiger partial charge in [0.15, 0.2) is 0 Å². The second-order valence-electron chi connectivity index (χ2n) is 3.64. The van der Waals surface area contributed by atoms with Crippen LogP contribution in [-0.2, 0) is 4.79 Å². The van der Waals surface area contributed by atoms with E-state index in [0.29, 0.717) is 12.3 Å². The van der Waals surface area contributed by atoms with Gasteiger partial charge in [0.1, 0.15) is 0 Å². The first-order chi connectivity index (χ1) is 7.20. The second-order valence-corrected chi connectivity index (χ2v) is 4.29. The highest BCUT2D eigenvalue weighted by molar-refractivity contribution is 9.09. The first-order valence-electron chi connectivity index (χ1n) is 4.76. The number of pyridine rings is 1. The van der Waals surface area contributed by atoms with Gasteiger partial charge in [0, 0.05) is 30.6 Å². The fourth-order valence-electron chi connectivity index (χ4n) is 1.70. The summed E-state index contributed by atoms with van der Waals surface area (Å²) in [6, 6.07) is 3.11. The van der Waals surface area contributed by atoms with E-state index in [-0.39, 0.29) is 11.5 Å². The van der Waals surface area contributed by atoms with Gasteiger partial charge < -0.3 is 9.88 Å². The monoisotopic (exact) mass is 270 g/mol. The van der Waals surface area contributed by atoms with E-state index in [1.807, 2.05) is 0 Å². The topological polar surface area (TPSA) is 53.2 Å². The molecule has 1 saturated heterocycles. The number of H-pyrrole nitrogens is 1. The first kappa shape index (κ1) is 10.4. The second kappa shape index (κ2) is 4.18. The van der Waals surface area contributed by atoms with Gasteiger partial charge in [-0.25, -0.2) is 0 Å². The molecule has 2 heterocycles. The standard InChI is InChI=1S/C10H11BrN2O2/c11-4-7-3-10(15)13(6-7)8-1-2-9(14)12-5-8/h1-2,5,7H,3-4,6H2,(H,12,14). The summed E-state index contributed by atoms with van der Waals surface area (Å²) in [6.45, 7) is 0.718. The Morgan fingerprint density at radius 1 is 1.47 bits per heavy atom. The van der Waals surface area contributed by atoms with E-state index in [4.69, 9.17) is 0 Å². The lowest BCUT2D eigenvalue weighted by atomic mass is 10.2.